The first kappa shape index (κ1) is 40.4. The summed E-state index contributed by atoms with van der Waals surface area (Å²) >= 11 is 0. The quantitative estimate of drug-likeness (QED) is 0.326. The van der Waals surface area contributed by atoms with E-state index >= 15 is 0 Å². The molecule has 0 aliphatic carbocycles. The maximum absolute atomic E-state index is 3.96. The minimum absolute atomic E-state index is 0. The van der Waals surface area contributed by atoms with Crippen LogP contribution in [0.1, 0.15) is 120 Å². The molecule has 0 saturated carbocycles. The lowest BCUT2D eigenvalue weighted by Crippen LogP contribution is -1.95. The van der Waals surface area contributed by atoms with Crippen LogP contribution in [-0.2, 0) is 0 Å². The minimum atomic E-state index is 0. The third kappa shape index (κ3) is 20.9. The van der Waals surface area contributed by atoms with E-state index in [1.54, 1.807) is 0 Å². The van der Waals surface area contributed by atoms with E-state index in [0.717, 1.165) is 6.42 Å². The van der Waals surface area contributed by atoms with Gasteiger partial charge in [-0.15, -0.1) is 6.58 Å². The summed E-state index contributed by atoms with van der Waals surface area (Å²) in [6.07, 6.45) is 10.7. The molecular weight excluding hydrogens is 324 g/mol. The maximum atomic E-state index is 3.96. The SMILES string of the molecule is C.C.C.C.C.C=C(C)CC(C)c1ccc(C)c(C)c1.CC/C=C\CCCC. The lowest BCUT2D eigenvalue weighted by molar-refractivity contribution is 0.752. The molecule has 0 radical (unpaired) electrons. The number of benzene rings is 1. The Hall–Kier alpha value is -1.30. The molecule has 1 aromatic rings. The lowest BCUT2D eigenvalue weighted by Gasteiger charge is -2.13. The molecule has 27 heavy (non-hydrogen) atoms. The van der Waals surface area contributed by atoms with E-state index in [1.807, 2.05) is 0 Å². The average Bonchev–Trinajstić information content (AvgIpc) is 2.46. The van der Waals surface area contributed by atoms with E-state index in [4.69, 9.17) is 0 Å². The van der Waals surface area contributed by atoms with E-state index in [-0.39, 0.29) is 37.1 Å². The summed E-state index contributed by atoms with van der Waals surface area (Å²) in [5.41, 5.74) is 5.44. The highest BCUT2D eigenvalue weighted by molar-refractivity contribution is 5.32. The molecule has 0 fully saturated rings. The molecule has 0 nitrogen and oxygen atoms in total. The maximum Gasteiger partial charge on any atom is -0.0153 e. The normalized spacial score (nSPS) is 9.70. The molecule has 0 N–H and O–H groups in total. The first-order valence-corrected chi connectivity index (χ1v) is 8.78. The van der Waals surface area contributed by atoms with Crippen LogP contribution in [0, 0.1) is 13.8 Å². The molecule has 0 heteroatoms. The highest BCUT2D eigenvalue weighted by atomic mass is 14.1. The molecule has 0 spiro atoms. The molecule has 1 atom stereocenters. The van der Waals surface area contributed by atoms with E-state index in [0.29, 0.717) is 5.92 Å². The highest BCUT2D eigenvalue weighted by Gasteiger charge is 2.06. The first-order chi connectivity index (χ1) is 10.4. The van der Waals surface area contributed by atoms with Crippen LogP contribution in [0.4, 0.5) is 0 Å². The van der Waals surface area contributed by atoms with Gasteiger partial charge in [0.05, 0.1) is 0 Å². The van der Waals surface area contributed by atoms with Crippen molar-refractivity contribution in [2.75, 3.05) is 0 Å². The summed E-state index contributed by atoms with van der Waals surface area (Å²) < 4.78 is 0. The fourth-order valence-corrected chi connectivity index (χ4v) is 2.32. The fraction of sp³-hybridized carbons (Fsp3) is 0.630. The second-order valence-electron chi connectivity index (χ2n) is 6.43. The molecule has 0 aromatic heterocycles. The molecule has 0 amide bonds. The van der Waals surface area contributed by atoms with Crippen LogP contribution in [0.5, 0.6) is 0 Å². The van der Waals surface area contributed by atoms with Crippen LogP contribution in [-0.4, -0.2) is 0 Å². The van der Waals surface area contributed by atoms with Crippen LogP contribution in [0.25, 0.3) is 0 Å². The average molecular weight is 381 g/mol. The van der Waals surface area contributed by atoms with Crippen molar-refractivity contribution in [2.45, 2.75) is 117 Å². The molecule has 0 bridgehead atoms. The van der Waals surface area contributed by atoms with Gasteiger partial charge in [-0.25, -0.2) is 0 Å². The molecule has 0 aliphatic heterocycles. The largest absolute Gasteiger partial charge is 0.100 e. The number of hydrogen-bond acceptors (Lipinski definition) is 0. The van der Waals surface area contributed by atoms with Gasteiger partial charge < -0.3 is 0 Å². The standard InChI is InChI=1S/C14H20.C8H16.5CH4/c1-10(2)8-13(5)14-7-6-11(3)12(4)9-14;1-3-5-7-8-6-4-2;;;;;/h6-7,9,13H,1,8H2,2-5H3;5,7H,3-4,6,8H2,1-2H3;5*1H4/b;7-5-;;;;;. The van der Waals surface area contributed by atoms with Gasteiger partial charge in [0, 0.05) is 0 Å². The van der Waals surface area contributed by atoms with Gasteiger partial charge in [-0.05, 0) is 62.6 Å². The van der Waals surface area contributed by atoms with Crippen LogP contribution in [0.2, 0.25) is 0 Å². The second kappa shape index (κ2) is 24.7. The minimum Gasteiger partial charge on any atom is -0.100 e. The van der Waals surface area contributed by atoms with Gasteiger partial charge in [0.2, 0.25) is 0 Å². The zero-order chi connectivity index (χ0) is 17.0. The number of rotatable bonds is 7. The zero-order valence-electron chi connectivity index (χ0n) is 15.7. The van der Waals surface area contributed by atoms with Gasteiger partial charge >= 0.3 is 0 Å². The summed E-state index contributed by atoms with van der Waals surface area (Å²) in [7, 11) is 0. The smallest absolute Gasteiger partial charge is 0.0153 e. The first-order valence-electron chi connectivity index (χ1n) is 8.78. The van der Waals surface area contributed by atoms with E-state index in [9.17, 15) is 0 Å². The Bertz CT molecular complexity index is 451. The Kier molecular flexibility index (Phi) is 37.0. The number of aryl methyl sites for hydroxylation is 2. The number of allylic oxidation sites excluding steroid dienone is 3. The van der Waals surface area contributed by atoms with Gasteiger partial charge in [-0.3, -0.25) is 0 Å². The Morgan fingerprint density at radius 1 is 0.963 bits per heavy atom. The van der Waals surface area contributed by atoms with Crippen molar-refractivity contribution in [3.8, 4) is 0 Å². The van der Waals surface area contributed by atoms with Gasteiger partial charge in [0.25, 0.3) is 0 Å². The summed E-state index contributed by atoms with van der Waals surface area (Å²) in [4.78, 5) is 0. The molecule has 1 unspecified atom stereocenters. The van der Waals surface area contributed by atoms with Crippen LogP contribution in [0.3, 0.4) is 0 Å². The summed E-state index contributed by atoms with van der Waals surface area (Å²) in [5, 5.41) is 0. The van der Waals surface area contributed by atoms with Crippen molar-refractivity contribution in [2.24, 2.45) is 0 Å². The third-order valence-electron chi connectivity index (χ3n) is 3.88. The number of hydrogen-bond donors (Lipinski definition) is 0. The van der Waals surface area contributed by atoms with E-state index < -0.39 is 0 Å². The Morgan fingerprint density at radius 3 is 1.93 bits per heavy atom. The molecule has 0 aliphatic rings. The van der Waals surface area contributed by atoms with Crippen molar-refractivity contribution < 1.29 is 0 Å². The Balaban J connectivity index is -0.0000000759. The van der Waals surface area contributed by atoms with Gasteiger partial charge in [0.1, 0.15) is 0 Å². The zero-order valence-corrected chi connectivity index (χ0v) is 15.7. The Morgan fingerprint density at radius 2 is 1.52 bits per heavy atom. The van der Waals surface area contributed by atoms with Crippen LogP contribution in [0.15, 0.2) is 42.5 Å². The van der Waals surface area contributed by atoms with E-state index in [1.165, 1.54) is 47.9 Å². The summed E-state index contributed by atoms with van der Waals surface area (Å²) in [5.74, 6) is 0.590. The van der Waals surface area contributed by atoms with Gasteiger partial charge in [-0.1, -0.05) is 107 Å². The second-order valence-corrected chi connectivity index (χ2v) is 6.43. The van der Waals surface area contributed by atoms with Crippen molar-refractivity contribution in [1.82, 2.24) is 0 Å². The topological polar surface area (TPSA) is 0 Å². The molecule has 0 heterocycles. The molecule has 0 saturated heterocycles. The predicted octanol–water partition coefficient (Wildman–Crippen LogP) is 10.7. The van der Waals surface area contributed by atoms with Crippen molar-refractivity contribution in [3.05, 3.63) is 59.2 Å². The fourth-order valence-electron chi connectivity index (χ4n) is 2.32. The summed E-state index contributed by atoms with van der Waals surface area (Å²) in [6, 6.07) is 6.73. The lowest BCUT2D eigenvalue weighted by atomic mass is 9.92. The summed E-state index contributed by atoms with van der Waals surface area (Å²) in [6.45, 7) is 17.0. The van der Waals surface area contributed by atoms with Crippen molar-refractivity contribution in [1.29, 1.82) is 0 Å². The van der Waals surface area contributed by atoms with Crippen molar-refractivity contribution >= 4 is 0 Å². The predicted molar refractivity (Wildman–Crippen MR) is 136 cm³/mol. The third-order valence-corrected chi connectivity index (χ3v) is 3.88. The number of unbranched alkanes of at least 4 members (excludes halogenated alkanes) is 2. The molecule has 1 rings (SSSR count). The van der Waals surface area contributed by atoms with Crippen LogP contribution >= 0.6 is 0 Å². The Labute approximate surface area is 176 Å². The molecular formula is C27H56. The molecule has 1 aromatic carbocycles. The van der Waals surface area contributed by atoms with Gasteiger partial charge in [0.15, 0.2) is 0 Å². The van der Waals surface area contributed by atoms with Crippen LogP contribution < -0.4 is 0 Å². The molecule has 164 valence electrons. The monoisotopic (exact) mass is 380 g/mol. The van der Waals surface area contributed by atoms with E-state index in [2.05, 4.69) is 78.5 Å². The highest BCUT2D eigenvalue weighted by Crippen LogP contribution is 2.23. The van der Waals surface area contributed by atoms with Crippen molar-refractivity contribution in [3.63, 3.8) is 0 Å². The van der Waals surface area contributed by atoms with Gasteiger partial charge in [-0.2, -0.15) is 0 Å².